The lowest BCUT2D eigenvalue weighted by Crippen LogP contribution is -2.33. The third kappa shape index (κ3) is 3.85. The smallest absolute Gasteiger partial charge is 0.0349 e. The summed E-state index contributed by atoms with van der Waals surface area (Å²) in [5, 5.41) is 3.74. The fraction of sp³-hybridized carbons (Fsp3) is 0.667. The molecule has 1 saturated carbocycles. The van der Waals surface area contributed by atoms with Crippen molar-refractivity contribution >= 4 is 15.9 Å². The molecule has 1 N–H and O–H groups in total. The average molecular weight is 338 g/mol. The molecule has 1 aliphatic rings. The molecule has 0 aromatic heterocycles. The summed E-state index contributed by atoms with van der Waals surface area (Å²) in [6.07, 6.45) is 4.08. The predicted molar refractivity (Wildman–Crippen MR) is 91.0 cm³/mol. The zero-order chi connectivity index (χ0) is 14.7. The van der Waals surface area contributed by atoms with E-state index in [2.05, 4.69) is 67.1 Å². The fourth-order valence-corrected chi connectivity index (χ4v) is 4.24. The van der Waals surface area contributed by atoms with E-state index in [1.165, 1.54) is 34.9 Å². The van der Waals surface area contributed by atoms with Gasteiger partial charge in [-0.3, -0.25) is 0 Å². The first-order valence-electron chi connectivity index (χ1n) is 8.01. The van der Waals surface area contributed by atoms with Crippen molar-refractivity contribution in [2.75, 3.05) is 6.54 Å². The molecule has 1 nitrogen and oxygen atoms in total. The first kappa shape index (κ1) is 16.0. The van der Waals surface area contributed by atoms with Crippen LogP contribution in [-0.2, 0) is 0 Å². The van der Waals surface area contributed by atoms with Gasteiger partial charge in [-0.15, -0.1) is 0 Å². The molecule has 4 atom stereocenters. The Balaban J connectivity index is 2.22. The van der Waals surface area contributed by atoms with E-state index in [-0.39, 0.29) is 0 Å². The highest BCUT2D eigenvalue weighted by Crippen LogP contribution is 2.40. The number of nitrogens with one attached hydrogen (secondary N) is 1. The van der Waals surface area contributed by atoms with E-state index in [1.807, 2.05) is 0 Å². The van der Waals surface area contributed by atoms with Gasteiger partial charge < -0.3 is 5.32 Å². The van der Waals surface area contributed by atoms with Gasteiger partial charge in [0.2, 0.25) is 0 Å². The quantitative estimate of drug-likeness (QED) is 0.766. The van der Waals surface area contributed by atoms with E-state index in [9.17, 15) is 0 Å². The van der Waals surface area contributed by atoms with Crippen molar-refractivity contribution in [3.05, 3.63) is 33.8 Å². The van der Waals surface area contributed by atoms with Gasteiger partial charge in [0, 0.05) is 10.5 Å². The highest BCUT2D eigenvalue weighted by molar-refractivity contribution is 9.10. The maximum Gasteiger partial charge on any atom is 0.0349 e. The van der Waals surface area contributed by atoms with Crippen LogP contribution in [0, 0.1) is 24.7 Å². The molecular formula is C18H28BrN. The second-order valence-corrected chi connectivity index (χ2v) is 7.54. The van der Waals surface area contributed by atoms with E-state index in [1.54, 1.807) is 0 Å². The number of aryl methyl sites for hydroxylation is 1. The van der Waals surface area contributed by atoms with Crippen LogP contribution in [0.1, 0.15) is 57.2 Å². The van der Waals surface area contributed by atoms with Crippen LogP contribution in [0.25, 0.3) is 0 Å². The summed E-state index contributed by atoms with van der Waals surface area (Å²) in [5.74, 6) is 2.51. The molecule has 0 saturated heterocycles. The molecule has 0 heterocycles. The molecule has 1 fully saturated rings. The number of halogens is 1. The zero-order valence-electron chi connectivity index (χ0n) is 13.2. The van der Waals surface area contributed by atoms with E-state index < -0.39 is 0 Å². The van der Waals surface area contributed by atoms with Crippen LogP contribution in [0.2, 0.25) is 0 Å². The Bertz CT molecular complexity index is 423. The van der Waals surface area contributed by atoms with E-state index in [4.69, 9.17) is 0 Å². The van der Waals surface area contributed by atoms with Gasteiger partial charge >= 0.3 is 0 Å². The number of hydrogen-bond donors (Lipinski definition) is 1. The summed E-state index contributed by atoms with van der Waals surface area (Å²) in [6.45, 7) is 10.3. The largest absolute Gasteiger partial charge is 0.310 e. The first-order chi connectivity index (χ1) is 9.51. The maximum absolute atomic E-state index is 3.74. The van der Waals surface area contributed by atoms with Gasteiger partial charge in [-0.25, -0.2) is 0 Å². The van der Waals surface area contributed by atoms with Crippen molar-refractivity contribution < 1.29 is 0 Å². The summed E-state index contributed by atoms with van der Waals surface area (Å²) < 4.78 is 1.20. The molecule has 2 rings (SSSR count). The highest BCUT2D eigenvalue weighted by atomic mass is 79.9. The van der Waals surface area contributed by atoms with Crippen molar-refractivity contribution in [1.82, 2.24) is 5.32 Å². The molecule has 0 bridgehead atoms. The van der Waals surface area contributed by atoms with Gasteiger partial charge in [-0.2, -0.15) is 0 Å². The summed E-state index contributed by atoms with van der Waals surface area (Å²) in [4.78, 5) is 0. The monoisotopic (exact) mass is 337 g/mol. The minimum absolute atomic E-state index is 0.506. The van der Waals surface area contributed by atoms with Crippen LogP contribution in [0.15, 0.2) is 22.7 Å². The molecule has 4 unspecified atom stereocenters. The maximum atomic E-state index is 3.74. The van der Waals surface area contributed by atoms with Crippen LogP contribution in [0.3, 0.4) is 0 Å². The molecule has 0 spiro atoms. The second-order valence-electron chi connectivity index (χ2n) is 6.62. The second kappa shape index (κ2) is 7.09. The third-order valence-corrected chi connectivity index (χ3v) is 5.42. The highest BCUT2D eigenvalue weighted by Gasteiger charge is 2.30. The molecule has 1 aromatic rings. The first-order valence-corrected chi connectivity index (χ1v) is 8.81. The Morgan fingerprint density at radius 3 is 2.55 bits per heavy atom. The molecule has 1 aromatic carbocycles. The summed E-state index contributed by atoms with van der Waals surface area (Å²) >= 11 is 3.65. The van der Waals surface area contributed by atoms with Gasteiger partial charge in [0.1, 0.15) is 0 Å². The van der Waals surface area contributed by atoms with Crippen molar-refractivity contribution in [1.29, 1.82) is 0 Å². The Morgan fingerprint density at radius 1 is 1.20 bits per heavy atom. The molecule has 0 aliphatic heterocycles. The summed E-state index contributed by atoms with van der Waals surface area (Å²) in [6, 6.07) is 7.34. The molecule has 2 heteroatoms. The SMILES string of the molecule is CCNC(c1cc(C)cc(Br)c1)C1CCC(C)C(C)C1. The van der Waals surface area contributed by atoms with Crippen molar-refractivity contribution in [2.45, 2.75) is 53.0 Å². The lowest BCUT2D eigenvalue weighted by atomic mass is 9.72. The lowest BCUT2D eigenvalue weighted by molar-refractivity contribution is 0.172. The normalized spacial score (nSPS) is 28.4. The third-order valence-electron chi connectivity index (χ3n) is 4.96. The van der Waals surface area contributed by atoms with Gasteiger partial charge in [0.15, 0.2) is 0 Å². The standard InChI is InChI=1S/C18H28BrN/c1-5-20-18(15-7-6-13(3)14(4)10-15)16-8-12(2)9-17(19)11-16/h8-9,11,13-15,18,20H,5-7,10H2,1-4H3. The lowest BCUT2D eigenvalue weighted by Gasteiger charge is -2.37. The Labute approximate surface area is 132 Å². The topological polar surface area (TPSA) is 12.0 Å². The molecule has 0 radical (unpaired) electrons. The van der Waals surface area contributed by atoms with Crippen LogP contribution in [-0.4, -0.2) is 6.54 Å². The average Bonchev–Trinajstić information content (AvgIpc) is 2.38. The molecular weight excluding hydrogens is 310 g/mol. The molecule has 20 heavy (non-hydrogen) atoms. The predicted octanol–water partition coefficient (Wildman–Crippen LogP) is 5.48. The van der Waals surface area contributed by atoms with Crippen molar-refractivity contribution in [3.63, 3.8) is 0 Å². The van der Waals surface area contributed by atoms with E-state index >= 15 is 0 Å². The minimum Gasteiger partial charge on any atom is -0.310 e. The Kier molecular flexibility index (Phi) is 5.68. The van der Waals surface area contributed by atoms with Crippen LogP contribution < -0.4 is 5.32 Å². The number of hydrogen-bond acceptors (Lipinski definition) is 1. The zero-order valence-corrected chi connectivity index (χ0v) is 14.8. The van der Waals surface area contributed by atoms with Gasteiger partial charge in [0.05, 0.1) is 0 Å². The number of rotatable bonds is 4. The van der Waals surface area contributed by atoms with Gasteiger partial charge in [-0.1, -0.05) is 49.2 Å². The Hall–Kier alpha value is -0.340. The van der Waals surface area contributed by atoms with Crippen LogP contribution in [0.4, 0.5) is 0 Å². The van der Waals surface area contributed by atoms with E-state index in [0.717, 1.165) is 24.3 Å². The van der Waals surface area contributed by atoms with Crippen LogP contribution in [0.5, 0.6) is 0 Å². The van der Waals surface area contributed by atoms with Crippen molar-refractivity contribution in [3.8, 4) is 0 Å². The summed E-state index contributed by atoms with van der Waals surface area (Å²) in [7, 11) is 0. The molecule has 112 valence electrons. The van der Waals surface area contributed by atoms with Gasteiger partial charge in [-0.05, 0) is 67.3 Å². The fourth-order valence-electron chi connectivity index (χ4n) is 3.61. The minimum atomic E-state index is 0.506. The van der Waals surface area contributed by atoms with Crippen molar-refractivity contribution in [2.24, 2.45) is 17.8 Å². The Morgan fingerprint density at radius 2 is 1.95 bits per heavy atom. The molecule has 0 amide bonds. The summed E-state index contributed by atoms with van der Waals surface area (Å²) in [5.41, 5.74) is 2.79. The van der Waals surface area contributed by atoms with Crippen LogP contribution >= 0.6 is 15.9 Å². The van der Waals surface area contributed by atoms with Gasteiger partial charge in [0.25, 0.3) is 0 Å². The van der Waals surface area contributed by atoms with E-state index in [0.29, 0.717) is 6.04 Å². The molecule has 1 aliphatic carbocycles. The number of benzene rings is 1.